The number of nitrogens with zero attached hydrogens (tertiary/aromatic N) is 2. The zero-order valence-corrected chi connectivity index (χ0v) is 21.0. The molecular weight excluding hydrogens is 494 g/mol. The molecule has 0 radical (unpaired) electrons. The summed E-state index contributed by atoms with van der Waals surface area (Å²) in [5, 5.41) is 8.42. The first-order valence-corrected chi connectivity index (χ1v) is 13.0. The van der Waals surface area contributed by atoms with Crippen molar-refractivity contribution in [1.82, 2.24) is 14.4 Å². The van der Waals surface area contributed by atoms with Gasteiger partial charge in [-0.25, -0.2) is 17.9 Å². The lowest BCUT2D eigenvalue weighted by molar-refractivity contribution is -0.124. The minimum atomic E-state index is -4.02. The van der Waals surface area contributed by atoms with E-state index in [0.717, 1.165) is 27.7 Å². The Bertz CT molecular complexity index is 1380. The molecule has 0 saturated carbocycles. The molecule has 1 heterocycles. The van der Waals surface area contributed by atoms with Crippen LogP contribution in [0.5, 0.6) is 0 Å². The molecule has 0 bridgehead atoms. The number of hydroxylamine groups is 1. The third kappa shape index (κ3) is 8.46. The number of nitrogens with one attached hydrogen (secondary N) is 1. The van der Waals surface area contributed by atoms with E-state index in [0.29, 0.717) is 5.56 Å². The van der Waals surface area contributed by atoms with Gasteiger partial charge in [0.15, 0.2) is 0 Å². The van der Waals surface area contributed by atoms with Gasteiger partial charge in [0.05, 0.1) is 9.79 Å². The molecule has 35 heavy (non-hydrogen) atoms. The molecule has 0 atom stereocenters. The van der Waals surface area contributed by atoms with E-state index in [1.54, 1.807) is 42.5 Å². The highest BCUT2D eigenvalue weighted by atomic mass is 32.2. The molecule has 3 aromatic rings. The summed E-state index contributed by atoms with van der Waals surface area (Å²) in [6.07, 6.45) is 5.30. The topological polar surface area (TPSA) is 146 Å². The van der Waals surface area contributed by atoms with Gasteiger partial charge < -0.3 is 4.90 Å². The number of benzene rings is 2. The van der Waals surface area contributed by atoms with Crippen LogP contribution in [0.3, 0.4) is 0 Å². The van der Waals surface area contributed by atoms with Gasteiger partial charge in [-0.15, -0.1) is 0 Å². The van der Waals surface area contributed by atoms with Crippen LogP contribution in [0.15, 0.2) is 82.9 Å². The number of carbonyl (C=O) groups is 1. The molecule has 1 amide bonds. The van der Waals surface area contributed by atoms with E-state index in [2.05, 4.69) is 0 Å². The van der Waals surface area contributed by atoms with Crippen LogP contribution in [0.25, 0.3) is 6.08 Å². The average Bonchev–Trinajstić information content (AvgIpc) is 3.27. The Labute approximate surface area is 204 Å². The monoisotopic (exact) mass is 521 g/mol. The van der Waals surface area contributed by atoms with Gasteiger partial charge in [-0.05, 0) is 68.6 Å². The SMILES string of the molecule is CN(C)Cc1ccc(S(=O)(=O)n2ccc(C=CC(=O)NO)c2)cc1.Cc1ccc(S(=O)(=O)O)cc1. The summed E-state index contributed by atoms with van der Waals surface area (Å²) in [6, 6.07) is 14.2. The summed E-state index contributed by atoms with van der Waals surface area (Å²) in [5.74, 6) is -0.693. The Morgan fingerprint density at radius 3 is 2.06 bits per heavy atom. The normalized spacial score (nSPS) is 11.8. The van der Waals surface area contributed by atoms with Crippen molar-refractivity contribution in [2.45, 2.75) is 23.3 Å². The van der Waals surface area contributed by atoms with Crippen molar-refractivity contribution >= 4 is 32.1 Å². The molecule has 12 heteroatoms. The zero-order valence-electron chi connectivity index (χ0n) is 19.4. The molecule has 188 valence electrons. The van der Waals surface area contributed by atoms with E-state index in [1.807, 2.05) is 25.9 Å². The number of hydrogen-bond donors (Lipinski definition) is 3. The number of carbonyl (C=O) groups excluding carboxylic acids is 1. The zero-order chi connectivity index (χ0) is 26.2. The molecular formula is C23H27N3O7S2. The van der Waals surface area contributed by atoms with E-state index in [1.165, 1.54) is 36.1 Å². The molecule has 0 saturated heterocycles. The average molecular weight is 522 g/mol. The maximum absolute atomic E-state index is 12.6. The second kappa shape index (κ2) is 11.9. The van der Waals surface area contributed by atoms with Gasteiger partial charge >= 0.3 is 0 Å². The molecule has 0 spiro atoms. The van der Waals surface area contributed by atoms with E-state index in [9.17, 15) is 21.6 Å². The van der Waals surface area contributed by atoms with Gasteiger partial charge in [0.1, 0.15) is 0 Å². The minimum absolute atomic E-state index is 0.0666. The van der Waals surface area contributed by atoms with Crippen LogP contribution < -0.4 is 5.48 Å². The molecule has 0 unspecified atom stereocenters. The van der Waals surface area contributed by atoms with Gasteiger partial charge in [-0.1, -0.05) is 29.8 Å². The fraction of sp³-hybridized carbons (Fsp3) is 0.174. The molecule has 10 nitrogen and oxygen atoms in total. The smallest absolute Gasteiger partial charge is 0.294 e. The van der Waals surface area contributed by atoms with E-state index in [-0.39, 0.29) is 9.79 Å². The Hall–Kier alpha value is -3.29. The molecule has 0 aliphatic heterocycles. The molecule has 2 aromatic carbocycles. The summed E-state index contributed by atoms with van der Waals surface area (Å²) in [6.45, 7) is 2.57. The van der Waals surface area contributed by atoms with Crippen LogP contribution in [0.1, 0.15) is 16.7 Å². The van der Waals surface area contributed by atoms with Crippen molar-refractivity contribution in [3.8, 4) is 0 Å². The van der Waals surface area contributed by atoms with Crippen molar-refractivity contribution in [3.63, 3.8) is 0 Å². The predicted octanol–water partition coefficient (Wildman–Crippen LogP) is 2.55. The van der Waals surface area contributed by atoms with E-state index < -0.39 is 26.0 Å². The van der Waals surface area contributed by atoms with Crippen LogP contribution in [0.4, 0.5) is 0 Å². The van der Waals surface area contributed by atoms with Crippen LogP contribution in [0.2, 0.25) is 0 Å². The Balaban J connectivity index is 0.000000328. The van der Waals surface area contributed by atoms with Gasteiger partial charge in [0.2, 0.25) is 0 Å². The second-order valence-electron chi connectivity index (χ2n) is 7.76. The summed E-state index contributed by atoms with van der Waals surface area (Å²) in [4.78, 5) is 13.1. The molecule has 3 N–H and O–H groups in total. The van der Waals surface area contributed by atoms with E-state index in [4.69, 9.17) is 9.76 Å². The predicted molar refractivity (Wildman–Crippen MR) is 131 cm³/mol. The van der Waals surface area contributed by atoms with Gasteiger partial charge in [-0.3, -0.25) is 14.6 Å². The summed E-state index contributed by atoms with van der Waals surface area (Å²) in [7, 11) is -3.83. The fourth-order valence-corrected chi connectivity index (χ4v) is 4.50. The van der Waals surface area contributed by atoms with E-state index >= 15 is 0 Å². The van der Waals surface area contributed by atoms with Crippen molar-refractivity contribution in [2.75, 3.05) is 14.1 Å². The Morgan fingerprint density at radius 2 is 1.54 bits per heavy atom. The number of aromatic nitrogens is 1. The maximum atomic E-state index is 12.6. The highest BCUT2D eigenvalue weighted by molar-refractivity contribution is 7.90. The largest absolute Gasteiger partial charge is 0.305 e. The third-order valence-electron chi connectivity index (χ3n) is 4.54. The molecule has 1 aromatic heterocycles. The highest BCUT2D eigenvalue weighted by Gasteiger charge is 2.16. The lowest BCUT2D eigenvalue weighted by Crippen LogP contribution is -2.14. The Morgan fingerprint density at radius 1 is 0.971 bits per heavy atom. The van der Waals surface area contributed by atoms with Crippen LogP contribution in [-0.2, 0) is 31.5 Å². The molecule has 0 fully saturated rings. The van der Waals surface area contributed by atoms with Crippen LogP contribution >= 0.6 is 0 Å². The lowest BCUT2D eigenvalue weighted by Gasteiger charge is -2.10. The number of hydrogen-bond acceptors (Lipinski definition) is 7. The number of amides is 1. The molecule has 0 aliphatic rings. The maximum Gasteiger partial charge on any atom is 0.294 e. The second-order valence-corrected chi connectivity index (χ2v) is 11.0. The fourth-order valence-electron chi connectivity index (χ4n) is 2.81. The Kier molecular flexibility index (Phi) is 9.51. The highest BCUT2D eigenvalue weighted by Crippen LogP contribution is 2.17. The summed E-state index contributed by atoms with van der Waals surface area (Å²) in [5.41, 5.74) is 3.96. The van der Waals surface area contributed by atoms with Gasteiger partial charge in [0, 0.05) is 25.0 Å². The van der Waals surface area contributed by atoms with Crippen molar-refractivity contribution < 1.29 is 31.4 Å². The third-order valence-corrected chi connectivity index (χ3v) is 7.06. The van der Waals surface area contributed by atoms with Gasteiger partial charge in [-0.2, -0.15) is 8.42 Å². The standard InChI is InChI=1S/C16H19N3O4S.C7H8O3S/c1-18(2)11-13-3-6-15(7-4-13)24(22,23)19-10-9-14(12-19)5-8-16(20)17-21;1-6-2-4-7(5-3-6)11(8,9)10/h3-10,12,21H,11H2,1-2H3,(H,17,20);2-5H,1H3,(H,8,9,10). The van der Waals surface area contributed by atoms with Crippen molar-refractivity contribution in [2.24, 2.45) is 0 Å². The van der Waals surface area contributed by atoms with Crippen LogP contribution in [0, 0.1) is 6.92 Å². The lowest BCUT2D eigenvalue weighted by atomic mass is 10.2. The quantitative estimate of drug-likeness (QED) is 0.186. The number of aryl methyl sites for hydroxylation is 1. The number of rotatable bonds is 7. The van der Waals surface area contributed by atoms with Gasteiger partial charge in [0.25, 0.3) is 26.0 Å². The summed E-state index contributed by atoms with van der Waals surface area (Å²) >= 11 is 0. The first-order chi connectivity index (χ1) is 16.3. The van der Waals surface area contributed by atoms with Crippen molar-refractivity contribution in [1.29, 1.82) is 0 Å². The minimum Gasteiger partial charge on any atom is -0.305 e. The molecule has 3 rings (SSSR count). The first-order valence-electron chi connectivity index (χ1n) is 10.2. The molecule has 0 aliphatic carbocycles. The van der Waals surface area contributed by atoms with Crippen LogP contribution in [-0.4, -0.2) is 55.5 Å². The van der Waals surface area contributed by atoms with Crippen molar-refractivity contribution in [3.05, 3.63) is 89.8 Å². The first kappa shape index (κ1) is 28.0. The summed E-state index contributed by atoms with van der Waals surface area (Å²) < 4.78 is 55.8.